The topological polar surface area (TPSA) is 146 Å². The number of nitrogens with one attached hydrogen (secondary N) is 2. The van der Waals surface area contributed by atoms with Gasteiger partial charge in [-0.3, -0.25) is 10.1 Å². The Labute approximate surface area is 202 Å². The van der Waals surface area contributed by atoms with Crippen molar-refractivity contribution in [3.05, 3.63) is 47.2 Å². The summed E-state index contributed by atoms with van der Waals surface area (Å²) in [6.45, 7) is 0.703. The Bertz CT molecular complexity index is 1570. The van der Waals surface area contributed by atoms with E-state index in [-0.39, 0.29) is 50.1 Å². The molecule has 0 spiro atoms. The Hall–Kier alpha value is -3.18. The molecule has 0 saturated carbocycles. The molecule has 3 aromatic rings. The summed E-state index contributed by atoms with van der Waals surface area (Å²) in [4.78, 5) is 21.6. The number of aromatic nitrogens is 2. The van der Waals surface area contributed by atoms with Gasteiger partial charge in [0, 0.05) is 55.3 Å². The molecule has 184 valence electrons. The van der Waals surface area contributed by atoms with Gasteiger partial charge in [0.2, 0.25) is 0 Å². The normalized spacial score (nSPS) is 19.4. The first-order valence-corrected chi connectivity index (χ1v) is 14.3. The molecule has 35 heavy (non-hydrogen) atoms. The van der Waals surface area contributed by atoms with Gasteiger partial charge >= 0.3 is 5.91 Å². The lowest BCUT2D eigenvalue weighted by Gasteiger charge is -2.33. The maximum absolute atomic E-state index is 13.2. The lowest BCUT2D eigenvalue weighted by atomic mass is 10.2. The molecule has 2 aromatic heterocycles. The third-order valence-corrected chi connectivity index (χ3v) is 9.44. The van der Waals surface area contributed by atoms with Crippen LogP contribution in [-0.4, -0.2) is 79.7 Å². The van der Waals surface area contributed by atoms with Gasteiger partial charge in [0.25, 0.3) is 15.9 Å². The summed E-state index contributed by atoms with van der Waals surface area (Å²) in [5.41, 5.74) is 1.76. The van der Waals surface area contributed by atoms with Crippen molar-refractivity contribution < 1.29 is 26.0 Å². The van der Waals surface area contributed by atoms with Gasteiger partial charge in [0.15, 0.2) is 9.84 Å². The fourth-order valence-corrected chi connectivity index (χ4v) is 6.55. The molecule has 1 amide bonds. The van der Waals surface area contributed by atoms with Crippen molar-refractivity contribution in [3.8, 4) is 12.3 Å². The minimum Gasteiger partial charge on any atom is -0.436 e. The summed E-state index contributed by atoms with van der Waals surface area (Å²) in [5, 5.41) is 2.86. The van der Waals surface area contributed by atoms with Crippen molar-refractivity contribution in [2.75, 3.05) is 32.4 Å². The Morgan fingerprint density at radius 1 is 1.17 bits per heavy atom. The van der Waals surface area contributed by atoms with Crippen molar-refractivity contribution in [2.45, 2.75) is 23.4 Å². The minimum atomic E-state index is -3.80. The number of H-pyrrole nitrogens is 1. The molecule has 1 fully saturated rings. The van der Waals surface area contributed by atoms with Gasteiger partial charge in [-0.05, 0) is 24.3 Å². The number of aromatic amines is 1. The monoisotopic (exact) mass is 517 g/mol. The van der Waals surface area contributed by atoms with E-state index in [9.17, 15) is 21.6 Å². The van der Waals surface area contributed by atoms with E-state index in [1.807, 2.05) is 0 Å². The Balaban J connectivity index is 1.27. The zero-order valence-corrected chi connectivity index (χ0v) is 20.4. The lowest BCUT2D eigenvalue weighted by Crippen LogP contribution is -2.50. The highest BCUT2D eigenvalue weighted by atomic mass is 32.2. The van der Waals surface area contributed by atoms with E-state index in [2.05, 4.69) is 21.2 Å². The minimum absolute atomic E-state index is 0.0646. The van der Waals surface area contributed by atoms with E-state index in [1.165, 1.54) is 9.21 Å². The number of carbonyl (C=O) groups excluding carboxylic acids is 1. The highest BCUT2D eigenvalue weighted by Crippen LogP contribution is 2.25. The molecule has 2 aliphatic heterocycles. The van der Waals surface area contributed by atoms with Gasteiger partial charge in [0.05, 0.1) is 12.2 Å². The van der Waals surface area contributed by atoms with Gasteiger partial charge in [-0.25, -0.2) is 21.8 Å². The number of hydrogen-bond donors (Lipinski definition) is 2. The van der Waals surface area contributed by atoms with Gasteiger partial charge < -0.3 is 14.3 Å². The number of hydrogen-bond acceptors (Lipinski definition) is 8. The molecule has 1 saturated heterocycles. The molecule has 2 N–H and O–H groups in total. The number of sulfonamides is 1. The van der Waals surface area contributed by atoms with Crippen LogP contribution in [0.25, 0.3) is 10.9 Å². The Kier molecular flexibility index (Phi) is 5.71. The van der Waals surface area contributed by atoms with Crippen molar-refractivity contribution in [3.63, 3.8) is 0 Å². The maximum Gasteiger partial charge on any atom is 0.309 e. The fraction of sp³-hybridized carbons (Fsp3) is 0.364. The predicted molar refractivity (Wildman–Crippen MR) is 127 cm³/mol. The average molecular weight is 518 g/mol. The number of amides is 1. The molecular weight excluding hydrogens is 494 g/mol. The van der Waals surface area contributed by atoms with Crippen molar-refractivity contribution in [2.24, 2.45) is 0 Å². The second kappa shape index (κ2) is 8.49. The second-order valence-electron chi connectivity index (χ2n) is 8.57. The molecular formula is C22H23N5O6S2. The first kappa shape index (κ1) is 23.6. The molecule has 11 nitrogen and oxygen atoms in total. The van der Waals surface area contributed by atoms with E-state index < -0.39 is 31.1 Å². The van der Waals surface area contributed by atoms with Gasteiger partial charge in [-0.15, -0.1) is 6.42 Å². The summed E-state index contributed by atoms with van der Waals surface area (Å²) in [6, 6.07) is 6.77. The third-order valence-electron chi connectivity index (χ3n) is 6.25. The summed E-state index contributed by atoms with van der Waals surface area (Å²) >= 11 is 0. The first-order chi connectivity index (χ1) is 16.6. The molecule has 0 radical (unpaired) electrons. The number of sulfone groups is 1. The van der Waals surface area contributed by atoms with Crippen LogP contribution in [0.3, 0.4) is 0 Å². The summed E-state index contributed by atoms with van der Waals surface area (Å²) in [6.07, 6.45) is 6.68. The summed E-state index contributed by atoms with van der Waals surface area (Å²) in [5.74, 6) is 2.38. The SMILES string of the molecule is C#Cc1ccc2[nH]c(S(=O)(=O)N3CCN(C(=O)c4nc5c(o4)CNC(S(C)(=O)=O)C5)CC3)cc2c1. The van der Waals surface area contributed by atoms with Crippen molar-refractivity contribution >= 4 is 36.7 Å². The van der Waals surface area contributed by atoms with Gasteiger partial charge in [0.1, 0.15) is 16.2 Å². The summed E-state index contributed by atoms with van der Waals surface area (Å²) in [7, 11) is -7.11. The number of benzene rings is 1. The maximum atomic E-state index is 13.2. The van der Waals surface area contributed by atoms with Crippen molar-refractivity contribution in [1.29, 1.82) is 0 Å². The molecule has 0 bridgehead atoms. The Morgan fingerprint density at radius 3 is 2.60 bits per heavy atom. The lowest BCUT2D eigenvalue weighted by molar-refractivity contribution is 0.0655. The molecule has 4 heterocycles. The van der Waals surface area contributed by atoms with Crippen LogP contribution in [0, 0.1) is 12.3 Å². The quantitative estimate of drug-likeness (QED) is 0.470. The van der Waals surface area contributed by atoms with E-state index in [1.54, 1.807) is 24.3 Å². The highest BCUT2D eigenvalue weighted by molar-refractivity contribution is 7.91. The molecule has 0 aliphatic carbocycles. The molecule has 13 heteroatoms. The predicted octanol–water partition coefficient (Wildman–Crippen LogP) is 0.300. The molecule has 1 unspecified atom stereocenters. The van der Waals surface area contributed by atoms with Crippen LogP contribution in [0.15, 0.2) is 33.7 Å². The molecule has 1 aromatic carbocycles. The molecule has 1 atom stereocenters. The van der Waals surface area contributed by atoms with Crippen LogP contribution in [-0.2, 0) is 32.8 Å². The summed E-state index contributed by atoms with van der Waals surface area (Å²) < 4.78 is 56.9. The van der Waals surface area contributed by atoms with Gasteiger partial charge in [-0.2, -0.15) is 4.31 Å². The largest absolute Gasteiger partial charge is 0.436 e. The number of nitrogens with zero attached hydrogens (tertiary/aromatic N) is 3. The zero-order chi connectivity index (χ0) is 25.0. The Morgan fingerprint density at radius 2 is 1.91 bits per heavy atom. The van der Waals surface area contributed by atoms with E-state index in [4.69, 9.17) is 10.8 Å². The van der Waals surface area contributed by atoms with Crippen LogP contribution >= 0.6 is 0 Å². The standard InChI is InChI=1S/C22H23N5O6S2/c1-3-14-4-5-16-15(10-14)11-20(24-16)35(31,32)27-8-6-26(7-9-27)22(28)21-25-17-12-19(34(2,29)30)23-13-18(17)33-21/h1,4-5,10-11,19,23-24H,6-9,12-13H2,2H3. The fourth-order valence-electron chi connectivity index (χ4n) is 4.27. The van der Waals surface area contributed by atoms with Crippen molar-refractivity contribution in [1.82, 2.24) is 24.5 Å². The van der Waals surface area contributed by atoms with E-state index >= 15 is 0 Å². The average Bonchev–Trinajstić information content (AvgIpc) is 3.46. The van der Waals surface area contributed by atoms with Crippen LogP contribution < -0.4 is 5.32 Å². The van der Waals surface area contributed by atoms with Crippen LogP contribution in [0.2, 0.25) is 0 Å². The third kappa shape index (κ3) is 4.34. The number of terminal acetylenes is 1. The van der Waals surface area contributed by atoms with E-state index in [0.29, 0.717) is 27.9 Å². The van der Waals surface area contributed by atoms with Crippen LogP contribution in [0.4, 0.5) is 0 Å². The number of rotatable bonds is 4. The van der Waals surface area contributed by atoms with Gasteiger partial charge in [-0.1, -0.05) is 5.92 Å². The number of carbonyl (C=O) groups is 1. The number of fused-ring (bicyclic) bond motifs is 2. The van der Waals surface area contributed by atoms with Crippen LogP contribution in [0.5, 0.6) is 0 Å². The van der Waals surface area contributed by atoms with E-state index in [0.717, 1.165) is 6.26 Å². The van der Waals surface area contributed by atoms with Crippen LogP contribution in [0.1, 0.15) is 27.7 Å². The highest BCUT2D eigenvalue weighted by Gasteiger charge is 2.35. The molecule has 2 aliphatic rings. The zero-order valence-electron chi connectivity index (χ0n) is 18.8. The molecule has 5 rings (SSSR count). The number of oxazole rings is 1. The smallest absolute Gasteiger partial charge is 0.309 e. The first-order valence-electron chi connectivity index (χ1n) is 10.9. The number of piperazine rings is 1. The second-order valence-corrected chi connectivity index (χ2v) is 12.7.